The van der Waals surface area contributed by atoms with Crippen molar-refractivity contribution in [3.05, 3.63) is 48.2 Å². The van der Waals surface area contributed by atoms with E-state index in [1.807, 2.05) is 37.3 Å². The first-order valence-electron chi connectivity index (χ1n) is 6.53. The largest absolute Gasteiger partial charge is 0.478 e. The third-order valence-electron chi connectivity index (χ3n) is 2.85. The zero-order valence-electron chi connectivity index (χ0n) is 11.2. The van der Waals surface area contributed by atoms with Gasteiger partial charge < -0.3 is 10.1 Å². The summed E-state index contributed by atoms with van der Waals surface area (Å²) < 4.78 is 6.70. The van der Waals surface area contributed by atoms with E-state index in [1.165, 1.54) is 4.70 Å². The third kappa shape index (κ3) is 2.72. The lowest BCUT2D eigenvalue weighted by molar-refractivity contribution is 0.323. The van der Waals surface area contributed by atoms with Crippen molar-refractivity contribution in [1.29, 1.82) is 0 Å². The highest BCUT2D eigenvalue weighted by atomic mass is 32.1. The van der Waals surface area contributed by atoms with E-state index < -0.39 is 0 Å². The van der Waals surface area contributed by atoms with Crippen LogP contribution in [0.25, 0.3) is 10.2 Å². The van der Waals surface area contributed by atoms with Gasteiger partial charge in [-0.25, -0.2) is 9.97 Å². The number of thiazole rings is 1. The first kappa shape index (κ1) is 12.9. The average Bonchev–Trinajstić information content (AvgIpc) is 2.89. The molecule has 20 heavy (non-hydrogen) atoms. The van der Waals surface area contributed by atoms with Gasteiger partial charge in [0.05, 0.1) is 16.8 Å². The fourth-order valence-corrected chi connectivity index (χ4v) is 2.81. The topological polar surface area (TPSA) is 47.0 Å². The molecule has 0 saturated heterocycles. The normalized spacial score (nSPS) is 10.7. The summed E-state index contributed by atoms with van der Waals surface area (Å²) in [6, 6.07) is 12.1. The molecule has 0 aliphatic heterocycles. The van der Waals surface area contributed by atoms with Gasteiger partial charge in [0, 0.05) is 18.3 Å². The third-order valence-corrected chi connectivity index (χ3v) is 3.85. The maximum Gasteiger partial charge on any atom is 0.218 e. The molecule has 0 radical (unpaired) electrons. The number of rotatable bonds is 5. The van der Waals surface area contributed by atoms with Crippen LogP contribution in [0.3, 0.4) is 0 Å². The number of pyridine rings is 1. The zero-order chi connectivity index (χ0) is 13.8. The zero-order valence-corrected chi connectivity index (χ0v) is 12.0. The molecule has 0 unspecified atom stereocenters. The summed E-state index contributed by atoms with van der Waals surface area (Å²) in [7, 11) is 0. The first-order chi connectivity index (χ1) is 9.86. The quantitative estimate of drug-likeness (QED) is 0.776. The summed E-state index contributed by atoms with van der Waals surface area (Å²) in [5.74, 6) is 0.684. The van der Waals surface area contributed by atoms with Crippen molar-refractivity contribution >= 4 is 26.7 Å². The van der Waals surface area contributed by atoms with Crippen LogP contribution < -0.4 is 10.1 Å². The summed E-state index contributed by atoms with van der Waals surface area (Å²) in [5, 5.41) is 4.25. The number of aromatic nitrogens is 2. The SMILES string of the molecule is CCOc1ncccc1CNc1nc2ccccc2s1. The van der Waals surface area contributed by atoms with Crippen LogP contribution >= 0.6 is 11.3 Å². The lowest BCUT2D eigenvalue weighted by Gasteiger charge is -2.08. The Labute approximate surface area is 121 Å². The van der Waals surface area contributed by atoms with Crippen molar-refractivity contribution in [1.82, 2.24) is 9.97 Å². The molecule has 102 valence electrons. The summed E-state index contributed by atoms with van der Waals surface area (Å²) in [6.45, 7) is 3.23. The molecule has 1 N–H and O–H groups in total. The van der Waals surface area contributed by atoms with Crippen LogP contribution in [-0.4, -0.2) is 16.6 Å². The second-order valence-corrected chi connectivity index (χ2v) is 5.27. The number of nitrogens with one attached hydrogen (secondary N) is 1. The van der Waals surface area contributed by atoms with Gasteiger partial charge in [-0.1, -0.05) is 29.5 Å². The van der Waals surface area contributed by atoms with Gasteiger partial charge in [-0.15, -0.1) is 0 Å². The number of ether oxygens (including phenoxy) is 1. The van der Waals surface area contributed by atoms with Gasteiger partial charge in [-0.3, -0.25) is 0 Å². The van der Waals surface area contributed by atoms with Crippen LogP contribution in [0.1, 0.15) is 12.5 Å². The van der Waals surface area contributed by atoms with E-state index in [2.05, 4.69) is 21.4 Å². The Bertz CT molecular complexity index is 678. The van der Waals surface area contributed by atoms with Crippen molar-refractivity contribution in [2.24, 2.45) is 0 Å². The van der Waals surface area contributed by atoms with E-state index in [9.17, 15) is 0 Å². The van der Waals surface area contributed by atoms with Crippen molar-refractivity contribution in [3.8, 4) is 5.88 Å². The van der Waals surface area contributed by atoms with Crippen LogP contribution in [0.4, 0.5) is 5.13 Å². The minimum absolute atomic E-state index is 0.616. The van der Waals surface area contributed by atoms with E-state index >= 15 is 0 Å². The summed E-state index contributed by atoms with van der Waals surface area (Å²) in [5.41, 5.74) is 2.06. The Kier molecular flexibility index (Phi) is 3.78. The number of fused-ring (bicyclic) bond motifs is 1. The highest BCUT2D eigenvalue weighted by Crippen LogP contribution is 2.26. The summed E-state index contributed by atoms with van der Waals surface area (Å²) >= 11 is 1.65. The van der Waals surface area contributed by atoms with Gasteiger partial charge in [0.15, 0.2) is 5.13 Å². The Balaban J connectivity index is 1.76. The molecule has 2 aromatic heterocycles. The van der Waals surface area contributed by atoms with Gasteiger partial charge in [0.1, 0.15) is 0 Å². The minimum atomic E-state index is 0.616. The molecule has 5 heteroatoms. The predicted molar refractivity (Wildman–Crippen MR) is 82.4 cm³/mol. The molecule has 0 aliphatic carbocycles. The fraction of sp³-hybridized carbons (Fsp3) is 0.200. The molecule has 0 aliphatic rings. The average molecular weight is 285 g/mol. The van der Waals surface area contributed by atoms with Gasteiger partial charge >= 0.3 is 0 Å². The molecule has 0 amide bonds. The molecular formula is C15H15N3OS. The second-order valence-electron chi connectivity index (χ2n) is 4.24. The lowest BCUT2D eigenvalue weighted by Crippen LogP contribution is -2.04. The summed E-state index contributed by atoms with van der Waals surface area (Å²) in [6.07, 6.45) is 1.74. The fourth-order valence-electron chi connectivity index (χ4n) is 1.94. The Hall–Kier alpha value is -2.14. The van der Waals surface area contributed by atoms with E-state index in [1.54, 1.807) is 17.5 Å². The van der Waals surface area contributed by atoms with Gasteiger partial charge in [-0.2, -0.15) is 0 Å². The Morgan fingerprint density at radius 3 is 2.95 bits per heavy atom. The molecule has 2 heterocycles. The predicted octanol–water partition coefficient (Wildman–Crippen LogP) is 3.70. The Morgan fingerprint density at radius 1 is 1.20 bits per heavy atom. The van der Waals surface area contributed by atoms with Crippen LogP contribution in [0.2, 0.25) is 0 Å². The number of nitrogens with zero attached hydrogens (tertiary/aromatic N) is 2. The number of anilines is 1. The first-order valence-corrected chi connectivity index (χ1v) is 7.34. The molecule has 0 saturated carbocycles. The minimum Gasteiger partial charge on any atom is -0.478 e. The van der Waals surface area contributed by atoms with E-state index in [0.29, 0.717) is 19.0 Å². The van der Waals surface area contributed by atoms with Gasteiger partial charge in [-0.05, 0) is 25.1 Å². The number of hydrogen-bond acceptors (Lipinski definition) is 5. The standard InChI is InChI=1S/C15H15N3OS/c1-2-19-14-11(6-5-9-16-14)10-17-15-18-12-7-3-4-8-13(12)20-15/h3-9H,2,10H2,1H3,(H,17,18). The lowest BCUT2D eigenvalue weighted by atomic mass is 10.3. The Morgan fingerprint density at radius 2 is 2.10 bits per heavy atom. The molecule has 0 fully saturated rings. The molecule has 0 atom stereocenters. The van der Waals surface area contributed by atoms with E-state index in [-0.39, 0.29) is 0 Å². The van der Waals surface area contributed by atoms with Crippen LogP contribution in [0, 0.1) is 0 Å². The number of benzene rings is 1. The van der Waals surface area contributed by atoms with Crippen molar-refractivity contribution in [2.45, 2.75) is 13.5 Å². The summed E-state index contributed by atoms with van der Waals surface area (Å²) in [4.78, 5) is 8.79. The maximum atomic E-state index is 5.52. The van der Waals surface area contributed by atoms with Crippen molar-refractivity contribution in [2.75, 3.05) is 11.9 Å². The van der Waals surface area contributed by atoms with E-state index in [0.717, 1.165) is 16.2 Å². The maximum absolute atomic E-state index is 5.52. The van der Waals surface area contributed by atoms with Crippen LogP contribution in [-0.2, 0) is 6.54 Å². The second kappa shape index (κ2) is 5.88. The van der Waals surface area contributed by atoms with Crippen molar-refractivity contribution in [3.63, 3.8) is 0 Å². The highest BCUT2D eigenvalue weighted by Gasteiger charge is 2.06. The monoisotopic (exact) mass is 285 g/mol. The smallest absolute Gasteiger partial charge is 0.218 e. The molecular weight excluding hydrogens is 270 g/mol. The molecule has 0 bridgehead atoms. The highest BCUT2D eigenvalue weighted by molar-refractivity contribution is 7.22. The molecule has 4 nitrogen and oxygen atoms in total. The molecule has 3 aromatic rings. The molecule has 3 rings (SSSR count). The number of hydrogen-bond donors (Lipinski definition) is 1. The van der Waals surface area contributed by atoms with Gasteiger partial charge in [0.2, 0.25) is 5.88 Å². The van der Waals surface area contributed by atoms with Crippen LogP contribution in [0.15, 0.2) is 42.6 Å². The van der Waals surface area contributed by atoms with Gasteiger partial charge in [0.25, 0.3) is 0 Å². The molecule has 0 spiro atoms. The number of para-hydroxylation sites is 1. The van der Waals surface area contributed by atoms with Crippen LogP contribution in [0.5, 0.6) is 5.88 Å². The van der Waals surface area contributed by atoms with E-state index in [4.69, 9.17) is 4.74 Å². The molecule has 1 aromatic carbocycles. The van der Waals surface area contributed by atoms with Crippen molar-refractivity contribution < 1.29 is 4.74 Å².